The minimum atomic E-state index is -1.46. The van der Waals surface area contributed by atoms with Crippen molar-refractivity contribution in [3.63, 3.8) is 0 Å². The summed E-state index contributed by atoms with van der Waals surface area (Å²) >= 11 is 13.7. The summed E-state index contributed by atoms with van der Waals surface area (Å²) < 4.78 is 0. The van der Waals surface area contributed by atoms with Gasteiger partial charge in [0, 0.05) is 29.6 Å². The zero-order valence-corrected chi connectivity index (χ0v) is 20.2. The highest BCUT2D eigenvalue weighted by Crippen LogP contribution is 2.27. The number of rotatable bonds is 9. The summed E-state index contributed by atoms with van der Waals surface area (Å²) in [6.07, 6.45) is 0. The van der Waals surface area contributed by atoms with Crippen molar-refractivity contribution < 1.29 is 29.4 Å². The summed E-state index contributed by atoms with van der Waals surface area (Å²) in [5, 5.41) is 29.3. The predicted molar refractivity (Wildman–Crippen MR) is 131 cm³/mol. The number of halogens is 2. The number of phenolic OH excluding ortho intramolecular Hbond substituents is 1. The maximum absolute atomic E-state index is 12.7. The third kappa shape index (κ3) is 6.95. The fourth-order valence-corrected chi connectivity index (χ4v) is 4.29. The molecular weight excluding hydrogens is 517 g/mol. The minimum Gasteiger partial charge on any atom is -0.508 e. The van der Waals surface area contributed by atoms with E-state index in [9.17, 15) is 29.4 Å². The number of carboxylic acids is 1. The van der Waals surface area contributed by atoms with E-state index in [1.807, 2.05) is 0 Å². The number of carboxylic acid groups (broad SMARTS) is 1. The molecule has 3 aromatic rings. The topological polar surface area (TPSA) is 145 Å². The highest BCUT2D eigenvalue weighted by molar-refractivity contribution is 7.08. The molecule has 3 rings (SSSR count). The first-order valence-electron chi connectivity index (χ1n) is 10.0. The molecule has 182 valence electrons. The average Bonchev–Trinajstić information content (AvgIpc) is 3.34. The number of nitrogens with one attached hydrogen (secondary N) is 3. The van der Waals surface area contributed by atoms with Crippen molar-refractivity contribution >= 4 is 58.2 Å². The first-order chi connectivity index (χ1) is 16.7. The number of aliphatic carboxylic acids is 1. The third-order valence-corrected chi connectivity index (χ3v) is 6.03. The lowest BCUT2D eigenvalue weighted by Gasteiger charge is -2.17. The van der Waals surface area contributed by atoms with Gasteiger partial charge >= 0.3 is 5.97 Å². The van der Waals surface area contributed by atoms with E-state index in [0.717, 1.165) is 0 Å². The fourth-order valence-electron chi connectivity index (χ4n) is 2.99. The Labute approximate surface area is 213 Å². The SMILES string of the molecule is O=C(NCc1cccc(O)c1)c1cc(Cl)c(C(=O)NC(CNC(=O)c2ccsc2)C(=O)O)c(Cl)c1. The lowest BCUT2D eigenvalue weighted by Crippen LogP contribution is -2.48. The summed E-state index contributed by atoms with van der Waals surface area (Å²) in [5.41, 5.74) is 0.898. The van der Waals surface area contributed by atoms with Crippen LogP contribution < -0.4 is 16.0 Å². The van der Waals surface area contributed by atoms with Crippen molar-refractivity contribution in [2.75, 3.05) is 6.54 Å². The standard InChI is InChI=1S/C23H19Cl2N3O6S/c24-16-7-14(21(31)26-9-12-2-1-3-15(29)6-12)8-17(25)19(16)22(32)28-18(23(33)34)10-27-20(30)13-4-5-35-11-13/h1-8,11,18,29H,9-10H2,(H,26,31)(H,27,30)(H,28,32)(H,33,34). The number of carbonyl (C=O) groups is 4. The Morgan fingerprint density at radius 1 is 0.914 bits per heavy atom. The molecule has 1 heterocycles. The lowest BCUT2D eigenvalue weighted by atomic mass is 10.1. The van der Waals surface area contributed by atoms with Crippen molar-refractivity contribution in [3.05, 3.63) is 85.5 Å². The number of aromatic hydroxyl groups is 1. The van der Waals surface area contributed by atoms with Gasteiger partial charge < -0.3 is 26.2 Å². The number of hydrogen-bond donors (Lipinski definition) is 5. The molecule has 0 bridgehead atoms. The van der Waals surface area contributed by atoms with Crippen molar-refractivity contribution in [3.8, 4) is 5.75 Å². The maximum atomic E-state index is 12.7. The van der Waals surface area contributed by atoms with Gasteiger partial charge in [-0.2, -0.15) is 11.3 Å². The zero-order chi connectivity index (χ0) is 25.5. The Hall–Kier alpha value is -3.60. The number of benzene rings is 2. The van der Waals surface area contributed by atoms with Crippen LogP contribution in [0.25, 0.3) is 0 Å². The molecule has 0 fully saturated rings. The number of thiophene rings is 1. The molecule has 0 spiro atoms. The number of phenols is 1. The molecule has 9 nitrogen and oxygen atoms in total. The van der Waals surface area contributed by atoms with E-state index in [0.29, 0.717) is 11.1 Å². The molecule has 0 aliphatic carbocycles. The van der Waals surface area contributed by atoms with Crippen molar-refractivity contribution in [1.29, 1.82) is 0 Å². The van der Waals surface area contributed by atoms with E-state index in [1.54, 1.807) is 29.0 Å². The van der Waals surface area contributed by atoms with Gasteiger partial charge in [0.15, 0.2) is 0 Å². The van der Waals surface area contributed by atoms with Gasteiger partial charge in [-0.3, -0.25) is 14.4 Å². The molecular formula is C23H19Cl2N3O6S. The van der Waals surface area contributed by atoms with E-state index in [-0.39, 0.29) is 40.0 Å². The van der Waals surface area contributed by atoms with Gasteiger partial charge in [0.05, 0.1) is 15.6 Å². The molecule has 12 heteroatoms. The van der Waals surface area contributed by atoms with Gasteiger partial charge in [-0.25, -0.2) is 4.79 Å². The van der Waals surface area contributed by atoms with Crippen LogP contribution in [-0.2, 0) is 11.3 Å². The molecule has 1 aromatic heterocycles. The van der Waals surface area contributed by atoms with E-state index in [4.69, 9.17) is 23.2 Å². The second-order valence-electron chi connectivity index (χ2n) is 7.25. The van der Waals surface area contributed by atoms with Crippen molar-refractivity contribution in [1.82, 2.24) is 16.0 Å². The summed E-state index contributed by atoms with van der Waals surface area (Å²) in [6, 6.07) is 8.93. The summed E-state index contributed by atoms with van der Waals surface area (Å²) in [6.45, 7) is -0.247. The number of amides is 3. The third-order valence-electron chi connectivity index (χ3n) is 4.75. The van der Waals surface area contributed by atoms with E-state index >= 15 is 0 Å². The maximum Gasteiger partial charge on any atom is 0.328 e. The van der Waals surface area contributed by atoms with Gasteiger partial charge in [0.1, 0.15) is 11.8 Å². The fraction of sp³-hybridized carbons (Fsp3) is 0.130. The van der Waals surface area contributed by atoms with Crippen LogP contribution in [0.1, 0.15) is 36.6 Å². The summed E-state index contributed by atoms with van der Waals surface area (Å²) in [4.78, 5) is 48.9. The Morgan fingerprint density at radius 2 is 1.60 bits per heavy atom. The zero-order valence-electron chi connectivity index (χ0n) is 17.9. The quantitative estimate of drug-likeness (QED) is 0.284. The molecule has 0 saturated heterocycles. The number of hydrogen-bond acceptors (Lipinski definition) is 6. The molecule has 0 aliphatic rings. The smallest absolute Gasteiger partial charge is 0.328 e. The lowest BCUT2D eigenvalue weighted by molar-refractivity contribution is -0.139. The van der Waals surface area contributed by atoms with E-state index in [2.05, 4.69) is 16.0 Å². The Balaban J connectivity index is 1.66. The molecule has 2 aromatic carbocycles. The van der Waals surface area contributed by atoms with E-state index < -0.39 is 29.7 Å². The average molecular weight is 536 g/mol. The Kier molecular flexibility index (Phi) is 8.69. The van der Waals surface area contributed by atoms with Crippen LogP contribution in [-0.4, -0.2) is 46.5 Å². The van der Waals surface area contributed by atoms with Crippen LogP contribution in [0, 0.1) is 0 Å². The highest BCUT2D eigenvalue weighted by Gasteiger charge is 2.25. The normalized spacial score (nSPS) is 11.4. The first kappa shape index (κ1) is 26.0. The minimum absolute atomic E-state index is 0.0592. The second kappa shape index (κ2) is 11.7. The van der Waals surface area contributed by atoms with Gasteiger partial charge in [0.25, 0.3) is 17.7 Å². The van der Waals surface area contributed by atoms with Gasteiger partial charge in [-0.15, -0.1) is 0 Å². The molecule has 1 atom stereocenters. The summed E-state index contributed by atoms with van der Waals surface area (Å²) in [7, 11) is 0. The highest BCUT2D eigenvalue weighted by atomic mass is 35.5. The van der Waals surface area contributed by atoms with Crippen LogP contribution in [0.3, 0.4) is 0 Å². The van der Waals surface area contributed by atoms with Gasteiger partial charge in [-0.05, 0) is 41.3 Å². The van der Waals surface area contributed by atoms with Gasteiger partial charge in [-0.1, -0.05) is 35.3 Å². The van der Waals surface area contributed by atoms with E-state index in [1.165, 1.54) is 35.6 Å². The molecule has 35 heavy (non-hydrogen) atoms. The van der Waals surface area contributed by atoms with Crippen LogP contribution in [0.4, 0.5) is 0 Å². The van der Waals surface area contributed by atoms with Crippen LogP contribution >= 0.6 is 34.5 Å². The van der Waals surface area contributed by atoms with Crippen LogP contribution in [0.5, 0.6) is 5.75 Å². The predicted octanol–water partition coefficient (Wildman–Crippen LogP) is 3.30. The van der Waals surface area contributed by atoms with Crippen LogP contribution in [0.15, 0.2) is 53.2 Å². The van der Waals surface area contributed by atoms with Gasteiger partial charge in [0.2, 0.25) is 0 Å². The largest absolute Gasteiger partial charge is 0.508 e. The van der Waals surface area contributed by atoms with Crippen LogP contribution in [0.2, 0.25) is 10.0 Å². The second-order valence-corrected chi connectivity index (χ2v) is 8.85. The molecule has 5 N–H and O–H groups in total. The Morgan fingerprint density at radius 3 is 2.20 bits per heavy atom. The monoisotopic (exact) mass is 535 g/mol. The Bertz CT molecular complexity index is 1240. The molecule has 0 radical (unpaired) electrons. The molecule has 0 aliphatic heterocycles. The first-order valence-corrected chi connectivity index (χ1v) is 11.7. The summed E-state index contributed by atoms with van der Waals surface area (Å²) in [5.74, 6) is -3.21. The molecule has 3 amide bonds. The molecule has 0 saturated carbocycles. The van der Waals surface area contributed by atoms with Crippen molar-refractivity contribution in [2.45, 2.75) is 12.6 Å². The number of carbonyl (C=O) groups excluding carboxylic acids is 3. The molecule has 1 unspecified atom stereocenters. The van der Waals surface area contributed by atoms with Crippen molar-refractivity contribution in [2.24, 2.45) is 0 Å².